The Morgan fingerprint density at radius 3 is 2.76 bits per heavy atom. The van der Waals surface area contributed by atoms with Gasteiger partial charge in [-0.1, -0.05) is 29.8 Å². The predicted octanol–water partition coefficient (Wildman–Crippen LogP) is 2.54. The van der Waals surface area contributed by atoms with E-state index >= 15 is 0 Å². The van der Waals surface area contributed by atoms with Crippen LogP contribution in [0.1, 0.15) is 35.0 Å². The van der Waals surface area contributed by atoms with Crippen LogP contribution < -0.4 is 10.2 Å². The van der Waals surface area contributed by atoms with Crippen LogP contribution >= 0.6 is 11.3 Å². The zero-order valence-electron chi connectivity index (χ0n) is 17.1. The molecule has 0 bridgehead atoms. The quantitative estimate of drug-likeness (QED) is 0.838. The molecule has 1 N–H and O–H groups in total. The Kier molecular flexibility index (Phi) is 5.85. The lowest BCUT2D eigenvalue weighted by Crippen LogP contribution is -2.48. The summed E-state index contributed by atoms with van der Waals surface area (Å²) in [6.45, 7) is 7.43. The van der Waals surface area contributed by atoms with Gasteiger partial charge in [0.15, 0.2) is 5.13 Å². The summed E-state index contributed by atoms with van der Waals surface area (Å²) >= 11 is 1.72. The first-order valence-electron chi connectivity index (χ1n) is 10.3. The van der Waals surface area contributed by atoms with Gasteiger partial charge in [-0.15, -0.1) is 11.3 Å². The Balaban J connectivity index is 1.34. The van der Waals surface area contributed by atoms with Gasteiger partial charge in [-0.2, -0.15) is 0 Å². The third kappa shape index (κ3) is 4.61. The Bertz CT molecular complexity index is 902. The summed E-state index contributed by atoms with van der Waals surface area (Å²) in [6, 6.07) is 8.25. The van der Waals surface area contributed by atoms with Crippen LogP contribution in [-0.2, 0) is 29.0 Å². The van der Waals surface area contributed by atoms with Crippen molar-refractivity contribution in [2.24, 2.45) is 5.92 Å². The topological polar surface area (TPSA) is 65.5 Å². The Morgan fingerprint density at radius 2 is 2.03 bits per heavy atom. The molecule has 2 aliphatic rings. The minimum absolute atomic E-state index is 0.0233. The third-order valence-electron chi connectivity index (χ3n) is 5.84. The highest BCUT2D eigenvalue weighted by Gasteiger charge is 2.29. The van der Waals surface area contributed by atoms with Crippen LogP contribution in [0.5, 0.6) is 0 Å². The van der Waals surface area contributed by atoms with Crippen molar-refractivity contribution in [2.45, 2.75) is 39.7 Å². The molecule has 6 nitrogen and oxygen atoms in total. The van der Waals surface area contributed by atoms with Crippen LogP contribution in [0.2, 0.25) is 0 Å². The highest BCUT2D eigenvalue weighted by molar-refractivity contribution is 7.15. The summed E-state index contributed by atoms with van der Waals surface area (Å²) in [5.74, 6) is 0.306. The number of carbonyl (C=O) groups is 2. The highest BCUT2D eigenvalue weighted by atomic mass is 32.1. The number of piperazine rings is 1. The van der Waals surface area contributed by atoms with E-state index in [1.807, 2.05) is 17.0 Å². The largest absolute Gasteiger partial charge is 0.352 e. The maximum Gasteiger partial charge on any atom is 0.223 e. The van der Waals surface area contributed by atoms with Crippen molar-refractivity contribution in [3.63, 3.8) is 0 Å². The molecule has 0 radical (unpaired) electrons. The molecule has 1 aromatic carbocycles. The van der Waals surface area contributed by atoms with Crippen molar-refractivity contribution in [1.82, 2.24) is 15.2 Å². The van der Waals surface area contributed by atoms with Gasteiger partial charge in [0.25, 0.3) is 0 Å². The number of amides is 2. The van der Waals surface area contributed by atoms with Gasteiger partial charge in [-0.25, -0.2) is 4.98 Å². The second-order valence-electron chi connectivity index (χ2n) is 8.01. The van der Waals surface area contributed by atoms with Crippen LogP contribution in [-0.4, -0.2) is 47.9 Å². The molecule has 154 valence electrons. The van der Waals surface area contributed by atoms with Crippen molar-refractivity contribution in [1.29, 1.82) is 0 Å². The normalized spacial score (nSPS) is 19.0. The lowest BCUT2D eigenvalue weighted by atomic mass is 9.90. The fraction of sp³-hybridized carbons (Fsp3) is 0.500. The molecule has 0 spiro atoms. The molecule has 29 heavy (non-hydrogen) atoms. The maximum absolute atomic E-state index is 12.7. The van der Waals surface area contributed by atoms with Gasteiger partial charge < -0.3 is 15.1 Å². The van der Waals surface area contributed by atoms with E-state index in [-0.39, 0.29) is 17.7 Å². The van der Waals surface area contributed by atoms with Crippen molar-refractivity contribution in [3.05, 3.63) is 46.0 Å². The molecular weight excluding hydrogens is 384 g/mol. The monoisotopic (exact) mass is 412 g/mol. The van der Waals surface area contributed by atoms with Crippen LogP contribution in [0.15, 0.2) is 24.3 Å². The molecule has 1 aliphatic carbocycles. The first kappa shape index (κ1) is 19.9. The first-order chi connectivity index (χ1) is 14.0. The lowest BCUT2D eigenvalue weighted by molar-refractivity contribution is -0.129. The minimum atomic E-state index is 0.0233. The molecule has 4 rings (SSSR count). The molecule has 1 fully saturated rings. The number of anilines is 1. The van der Waals surface area contributed by atoms with E-state index in [1.165, 1.54) is 10.4 Å². The summed E-state index contributed by atoms with van der Waals surface area (Å²) in [4.78, 5) is 34.5. The first-order valence-corrected chi connectivity index (χ1v) is 11.1. The molecule has 0 saturated carbocycles. The number of nitrogens with one attached hydrogen (secondary N) is 1. The molecule has 1 aromatic heterocycles. The predicted molar refractivity (Wildman–Crippen MR) is 115 cm³/mol. The standard InChI is InChI=1S/C22H28N4O2S/c1-15-4-3-5-17(12-15)14-23-21(28)18-6-7-19-20(13-18)29-22(24-19)26-10-8-25(9-11-26)16(2)27/h3-5,12,18H,6-11,13-14H2,1-2H3,(H,23,28)/t18-/m0/s1. The molecule has 2 amide bonds. The van der Waals surface area contributed by atoms with E-state index in [4.69, 9.17) is 4.98 Å². The molecule has 1 saturated heterocycles. The Labute approximate surface area is 175 Å². The number of nitrogens with zero attached hydrogens (tertiary/aromatic N) is 3. The molecule has 1 atom stereocenters. The van der Waals surface area contributed by atoms with Crippen molar-refractivity contribution in [3.8, 4) is 0 Å². The van der Waals surface area contributed by atoms with Crippen molar-refractivity contribution < 1.29 is 9.59 Å². The number of carbonyl (C=O) groups excluding carboxylic acids is 2. The summed E-state index contributed by atoms with van der Waals surface area (Å²) < 4.78 is 0. The molecular formula is C22H28N4O2S. The van der Waals surface area contributed by atoms with Crippen molar-refractivity contribution in [2.75, 3.05) is 31.1 Å². The van der Waals surface area contributed by atoms with Crippen LogP contribution in [0.3, 0.4) is 0 Å². The second-order valence-corrected chi connectivity index (χ2v) is 9.07. The average Bonchev–Trinajstić information content (AvgIpc) is 3.15. The number of aryl methyl sites for hydroxylation is 2. The summed E-state index contributed by atoms with van der Waals surface area (Å²) in [6.07, 6.45) is 2.50. The second kappa shape index (κ2) is 8.53. The Hall–Kier alpha value is -2.41. The Morgan fingerprint density at radius 1 is 1.24 bits per heavy atom. The van der Waals surface area contributed by atoms with Gasteiger partial charge in [-0.3, -0.25) is 9.59 Å². The molecule has 1 aliphatic heterocycles. The fourth-order valence-electron chi connectivity index (χ4n) is 4.09. The van der Waals surface area contributed by atoms with Crippen LogP contribution in [0, 0.1) is 12.8 Å². The number of thiazole rings is 1. The smallest absolute Gasteiger partial charge is 0.223 e. The number of hydrogen-bond acceptors (Lipinski definition) is 5. The van der Waals surface area contributed by atoms with E-state index in [2.05, 4.69) is 29.3 Å². The molecule has 2 aromatic rings. The van der Waals surface area contributed by atoms with Crippen molar-refractivity contribution >= 4 is 28.3 Å². The average molecular weight is 413 g/mol. The van der Waals surface area contributed by atoms with E-state index in [0.717, 1.165) is 61.8 Å². The van der Waals surface area contributed by atoms with Gasteiger partial charge in [-0.05, 0) is 31.7 Å². The summed E-state index contributed by atoms with van der Waals surface area (Å²) in [5.41, 5.74) is 3.50. The maximum atomic E-state index is 12.7. The number of aromatic nitrogens is 1. The molecule has 7 heteroatoms. The van der Waals surface area contributed by atoms with Gasteiger partial charge in [0.05, 0.1) is 5.69 Å². The van der Waals surface area contributed by atoms with E-state index in [9.17, 15) is 9.59 Å². The van der Waals surface area contributed by atoms with Gasteiger partial charge in [0.1, 0.15) is 0 Å². The number of rotatable bonds is 4. The van der Waals surface area contributed by atoms with Crippen LogP contribution in [0.4, 0.5) is 5.13 Å². The molecule has 2 heterocycles. The van der Waals surface area contributed by atoms with E-state index in [0.29, 0.717) is 6.54 Å². The third-order valence-corrected chi connectivity index (χ3v) is 7.02. The lowest BCUT2D eigenvalue weighted by Gasteiger charge is -2.33. The summed E-state index contributed by atoms with van der Waals surface area (Å²) in [5, 5.41) is 4.15. The number of hydrogen-bond donors (Lipinski definition) is 1. The highest BCUT2D eigenvalue weighted by Crippen LogP contribution is 2.34. The van der Waals surface area contributed by atoms with Gasteiger partial charge in [0, 0.05) is 50.4 Å². The number of fused-ring (bicyclic) bond motifs is 1. The number of benzene rings is 1. The zero-order chi connectivity index (χ0) is 20.4. The van der Waals surface area contributed by atoms with E-state index in [1.54, 1.807) is 18.3 Å². The SMILES string of the molecule is CC(=O)N1CCN(c2nc3c(s2)C[C@@H](C(=O)NCc2cccc(C)c2)CC3)CC1. The van der Waals surface area contributed by atoms with Gasteiger partial charge >= 0.3 is 0 Å². The van der Waals surface area contributed by atoms with Gasteiger partial charge in [0.2, 0.25) is 11.8 Å². The minimum Gasteiger partial charge on any atom is -0.352 e. The van der Waals surface area contributed by atoms with Crippen LogP contribution in [0.25, 0.3) is 0 Å². The zero-order valence-corrected chi connectivity index (χ0v) is 17.9. The summed E-state index contributed by atoms with van der Waals surface area (Å²) in [7, 11) is 0. The van der Waals surface area contributed by atoms with E-state index < -0.39 is 0 Å². The fourth-order valence-corrected chi connectivity index (χ4v) is 5.33. The molecule has 0 unspecified atom stereocenters.